The lowest BCUT2D eigenvalue weighted by atomic mass is 10.1. The van der Waals surface area contributed by atoms with E-state index in [0.29, 0.717) is 16.8 Å². The van der Waals surface area contributed by atoms with Gasteiger partial charge in [0, 0.05) is 11.3 Å². The van der Waals surface area contributed by atoms with Crippen LogP contribution in [0.2, 0.25) is 0 Å². The van der Waals surface area contributed by atoms with Crippen LogP contribution in [0, 0.1) is 12.7 Å². The fraction of sp³-hybridized carbons (Fsp3) is 0.0714. The Morgan fingerprint density at radius 3 is 2.44 bits per heavy atom. The molecule has 3 nitrogen and oxygen atoms in total. The number of carbonyl (C=O) groups excluding carboxylic acids is 1. The first-order valence-corrected chi connectivity index (χ1v) is 5.43. The van der Waals surface area contributed by atoms with E-state index >= 15 is 0 Å². The molecular formula is C14H12FNO2. The van der Waals surface area contributed by atoms with Crippen LogP contribution >= 0.6 is 0 Å². The van der Waals surface area contributed by atoms with E-state index < -0.39 is 0 Å². The predicted molar refractivity (Wildman–Crippen MR) is 67.2 cm³/mol. The number of hydrogen-bond donors (Lipinski definition) is 2. The smallest absolute Gasteiger partial charge is 0.255 e. The topological polar surface area (TPSA) is 49.3 Å². The van der Waals surface area contributed by atoms with Crippen LogP contribution in [0.1, 0.15) is 15.9 Å². The van der Waals surface area contributed by atoms with Crippen LogP contribution in [0.5, 0.6) is 5.75 Å². The number of halogens is 1. The van der Waals surface area contributed by atoms with E-state index in [1.54, 1.807) is 13.0 Å². The molecule has 2 aromatic rings. The highest BCUT2D eigenvalue weighted by Gasteiger charge is 2.06. The summed E-state index contributed by atoms with van der Waals surface area (Å²) < 4.78 is 13.1. The maximum absolute atomic E-state index is 13.1. The first-order valence-electron chi connectivity index (χ1n) is 5.43. The molecule has 0 radical (unpaired) electrons. The minimum absolute atomic E-state index is 0.101. The molecule has 0 aliphatic rings. The fourth-order valence-corrected chi connectivity index (χ4v) is 1.54. The Hall–Kier alpha value is -2.36. The van der Waals surface area contributed by atoms with Crippen LogP contribution in [0.15, 0.2) is 42.5 Å². The first kappa shape index (κ1) is 12.1. The molecule has 0 heterocycles. The lowest BCUT2D eigenvalue weighted by molar-refractivity contribution is 0.102. The second-order valence-corrected chi connectivity index (χ2v) is 3.96. The quantitative estimate of drug-likeness (QED) is 0.854. The zero-order chi connectivity index (χ0) is 13.1. The van der Waals surface area contributed by atoms with Gasteiger partial charge in [0.15, 0.2) is 0 Å². The van der Waals surface area contributed by atoms with Gasteiger partial charge in [-0.2, -0.15) is 0 Å². The summed E-state index contributed by atoms with van der Waals surface area (Å²) in [6, 6.07) is 10.3. The molecule has 0 saturated heterocycles. The van der Waals surface area contributed by atoms with Crippen LogP contribution in [0.4, 0.5) is 10.1 Å². The molecule has 4 heteroatoms. The van der Waals surface area contributed by atoms with Crippen LogP contribution in [-0.4, -0.2) is 11.0 Å². The molecule has 0 bridgehead atoms. The van der Waals surface area contributed by atoms with Crippen LogP contribution in [0.3, 0.4) is 0 Å². The summed E-state index contributed by atoms with van der Waals surface area (Å²) in [5.41, 5.74) is 1.43. The summed E-state index contributed by atoms with van der Waals surface area (Å²) in [5.74, 6) is -0.511. The number of anilines is 1. The van der Waals surface area contributed by atoms with Crippen molar-refractivity contribution >= 4 is 11.6 Å². The van der Waals surface area contributed by atoms with Crippen molar-refractivity contribution in [1.29, 1.82) is 0 Å². The highest BCUT2D eigenvalue weighted by Crippen LogP contribution is 2.16. The SMILES string of the molecule is Cc1cc(NC(=O)c2ccc(O)cc2)ccc1F. The van der Waals surface area contributed by atoms with Gasteiger partial charge in [-0.25, -0.2) is 4.39 Å². The Balaban J connectivity index is 2.16. The van der Waals surface area contributed by atoms with Crippen molar-refractivity contribution in [2.24, 2.45) is 0 Å². The van der Waals surface area contributed by atoms with E-state index in [0.717, 1.165) is 0 Å². The van der Waals surface area contributed by atoms with Crippen LogP contribution in [-0.2, 0) is 0 Å². The molecule has 0 atom stereocenters. The van der Waals surface area contributed by atoms with Gasteiger partial charge in [0.25, 0.3) is 5.91 Å². The van der Waals surface area contributed by atoms with Crippen molar-refractivity contribution in [3.8, 4) is 5.75 Å². The number of aryl methyl sites for hydroxylation is 1. The second-order valence-electron chi connectivity index (χ2n) is 3.96. The molecular weight excluding hydrogens is 233 g/mol. The van der Waals surface area contributed by atoms with Gasteiger partial charge >= 0.3 is 0 Å². The van der Waals surface area contributed by atoms with E-state index in [2.05, 4.69) is 5.32 Å². The first-order chi connectivity index (χ1) is 8.56. The summed E-state index contributed by atoms with van der Waals surface area (Å²) in [6.07, 6.45) is 0. The number of hydrogen-bond acceptors (Lipinski definition) is 2. The van der Waals surface area contributed by atoms with Gasteiger partial charge in [-0.1, -0.05) is 0 Å². The van der Waals surface area contributed by atoms with Gasteiger partial charge < -0.3 is 10.4 Å². The van der Waals surface area contributed by atoms with Gasteiger partial charge in [-0.3, -0.25) is 4.79 Å². The van der Waals surface area contributed by atoms with E-state index in [1.807, 2.05) is 0 Å². The van der Waals surface area contributed by atoms with Gasteiger partial charge in [0.05, 0.1) is 0 Å². The zero-order valence-electron chi connectivity index (χ0n) is 9.77. The minimum Gasteiger partial charge on any atom is -0.508 e. The molecule has 0 aliphatic carbocycles. The zero-order valence-corrected chi connectivity index (χ0v) is 9.77. The average molecular weight is 245 g/mol. The second kappa shape index (κ2) is 4.87. The molecule has 0 aromatic heterocycles. The normalized spacial score (nSPS) is 10.1. The standard InChI is InChI=1S/C14H12FNO2/c1-9-8-11(4-7-13(9)15)16-14(18)10-2-5-12(17)6-3-10/h2-8,17H,1H3,(H,16,18). The lowest BCUT2D eigenvalue weighted by Crippen LogP contribution is -2.11. The van der Waals surface area contributed by atoms with Crippen molar-refractivity contribution in [3.05, 3.63) is 59.4 Å². The van der Waals surface area contributed by atoms with E-state index in [1.165, 1.54) is 36.4 Å². The number of aromatic hydroxyl groups is 1. The van der Waals surface area contributed by atoms with Crippen molar-refractivity contribution < 1.29 is 14.3 Å². The largest absolute Gasteiger partial charge is 0.508 e. The molecule has 2 N–H and O–H groups in total. The Morgan fingerprint density at radius 2 is 1.83 bits per heavy atom. The van der Waals surface area contributed by atoms with E-state index in [-0.39, 0.29) is 17.5 Å². The number of amides is 1. The maximum Gasteiger partial charge on any atom is 0.255 e. The van der Waals surface area contributed by atoms with E-state index in [4.69, 9.17) is 5.11 Å². The number of rotatable bonds is 2. The molecule has 0 saturated carbocycles. The summed E-state index contributed by atoms with van der Waals surface area (Å²) in [5, 5.41) is 11.8. The number of phenols is 1. The summed E-state index contributed by atoms with van der Waals surface area (Å²) in [4.78, 5) is 11.8. The molecule has 0 unspecified atom stereocenters. The Labute approximate surface area is 104 Å². The van der Waals surface area contributed by atoms with Gasteiger partial charge in [-0.05, 0) is 55.0 Å². The van der Waals surface area contributed by atoms with Crippen molar-refractivity contribution in [2.45, 2.75) is 6.92 Å². The Bertz CT molecular complexity index is 579. The van der Waals surface area contributed by atoms with Crippen molar-refractivity contribution in [1.82, 2.24) is 0 Å². The third-order valence-electron chi connectivity index (χ3n) is 2.55. The van der Waals surface area contributed by atoms with Gasteiger partial charge in [-0.15, -0.1) is 0 Å². The predicted octanol–water partition coefficient (Wildman–Crippen LogP) is 3.09. The Kier molecular flexibility index (Phi) is 3.28. The molecule has 2 aromatic carbocycles. The molecule has 0 spiro atoms. The lowest BCUT2D eigenvalue weighted by Gasteiger charge is -2.06. The number of carbonyl (C=O) groups is 1. The fourth-order valence-electron chi connectivity index (χ4n) is 1.54. The molecule has 18 heavy (non-hydrogen) atoms. The average Bonchev–Trinajstić information content (AvgIpc) is 2.34. The van der Waals surface area contributed by atoms with Crippen molar-refractivity contribution in [3.63, 3.8) is 0 Å². The van der Waals surface area contributed by atoms with Crippen LogP contribution < -0.4 is 5.32 Å². The number of phenolic OH excluding ortho intramolecular Hbond substituents is 1. The third-order valence-corrected chi connectivity index (χ3v) is 2.55. The molecule has 92 valence electrons. The molecule has 0 aliphatic heterocycles. The van der Waals surface area contributed by atoms with Crippen LogP contribution in [0.25, 0.3) is 0 Å². The number of benzene rings is 2. The molecule has 0 fully saturated rings. The van der Waals surface area contributed by atoms with Gasteiger partial charge in [0.2, 0.25) is 0 Å². The minimum atomic E-state index is -0.308. The Morgan fingerprint density at radius 1 is 1.17 bits per heavy atom. The number of nitrogens with one attached hydrogen (secondary N) is 1. The van der Waals surface area contributed by atoms with Gasteiger partial charge in [0.1, 0.15) is 11.6 Å². The summed E-state index contributed by atoms with van der Waals surface area (Å²) in [6.45, 7) is 1.63. The van der Waals surface area contributed by atoms with Crippen molar-refractivity contribution in [2.75, 3.05) is 5.32 Å². The highest BCUT2D eigenvalue weighted by atomic mass is 19.1. The highest BCUT2D eigenvalue weighted by molar-refractivity contribution is 6.04. The summed E-state index contributed by atoms with van der Waals surface area (Å²) >= 11 is 0. The molecule has 2 rings (SSSR count). The summed E-state index contributed by atoms with van der Waals surface area (Å²) in [7, 11) is 0. The molecule has 1 amide bonds. The third kappa shape index (κ3) is 2.66. The maximum atomic E-state index is 13.1. The monoisotopic (exact) mass is 245 g/mol. The van der Waals surface area contributed by atoms with E-state index in [9.17, 15) is 9.18 Å².